The van der Waals surface area contributed by atoms with Crippen LogP contribution in [0.15, 0.2) is 6.07 Å². The van der Waals surface area contributed by atoms with Gasteiger partial charge in [0, 0.05) is 42.6 Å². The summed E-state index contributed by atoms with van der Waals surface area (Å²) in [6.45, 7) is 7.18. The summed E-state index contributed by atoms with van der Waals surface area (Å²) in [6.07, 6.45) is 0. The third-order valence-corrected chi connectivity index (χ3v) is 3.90. The lowest BCUT2D eigenvalue weighted by molar-refractivity contribution is 0.0837. The first-order valence-corrected chi connectivity index (χ1v) is 7.20. The summed E-state index contributed by atoms with van der Waals surface area (Å²) < 4.78 is 10.2. The van der Waals surface area contributed by atoms with Crippen molar-refractivity contribution in [3.05, 3.63) is 21.4 Å². The Hall–Kier alpha value is -0.750. The van der Waals surface area contributed by atoms with Crippen molar-refractivity contribution in [1.29, 1.82) is 0 Å². The number of carbonyl (C=O) groups excluding carboxylic acids is 1. The molecule has 0 spiro atoms. The van der Waals surface area contributed by atoms with Gasteiger partial charge in [0.2, 0.25) is 0 Å². The zero-order chi connectivity index (χ0) is 14.3. The number of hydrogen-bond acceptors (Lipinski definition) is 5. The first-order valence-electron chi connectivity index (χ1n) is 6.39. The highest BCUT2D eigenvalue weighted by molar-refractivity contribution is 7.12. The molecule has 0 aliphatic carbocycles. The number of carbonyl (C=O) groups is 1. The van der Waals surface area contributed by atoms with E-state index in [9.17, 15) is 4.79 Å². The highest BCUT2D eigenvalue weighted by Gasteiger charge is 2.15. The lowest BCUT2D eigenvalue weighted by Crippen LogP contribution is -2.35. The van der Waals surface area contributed by atoms with Gasteiger partial charge in [-0.15, -0.1) is 11.3 Å². The summed E-state index contributed by atoms with van der Waals surface area (Å²) in [4.78, 5) is 16.6. The van der Waals surface area contributed by atoms with Crippen molar-refractivity contribution in [2.45, 2.75) is 13.8 Å². The molecule has 1 aromatic heterocycles. The summed E-state index contributed by atoms with van der Waals surface area (Å²) in [5.74, 6) is 0.175. The van der Waals surface area contributed by atoms with E-state index in [0.717, 1.165) is 23.5 Å². The lowest BCUT2D eigenvalue weighted by atomic mass is 10.1. The van der Waals surface area contributed by atoms with Crippen molar-refractivity contribution >= 4 is 17.1 Å². The standard InChI is InChI=1S/C14H23NO3S/c1-11-9-13(12(2)19-11)14(16)10-15(5-7-17-3)6-8-18-4/h9H,5-8,10H2,1-4H3. The molecular formula is C14H23NO3S. The van der Waals surface area contributed by atoms with Crippen molar-refractivity contribution in [2.75, 3.05) is 47.1 Å². The maximum Gasteiger partial charge on any atom is 0.177 e. The number of methoxy groups -OCH3 is 2. The molecule has 0 saturated heterocycles. The summed E-state index contributed by atoms with van der Waals surface area (Å²) in [6, 6.07) is 1.98. The van der Waals surface area contributed by atoms with Crippen molar-refractivity contribution in [3.63, 3.8) is 0 Å². The minimum Gasteiger partial charge on any atom is -0.383 e. The molecule has 0 fully saturated rings. The largest absolute Gasteiger partial charge is 0.383 e. The number of thiophene rings is 1. The molecular weight excluding hydrogens is 262 g/mol. The van der Waals surface area contributed by atoms with Crippen LogP contribution >= 0.6 is 11.3 Å². The van der Waals surface area contributed by atoms with E-state index >= 15 is 0 Å². The van der Waals surface area contributed by atoms with Gasteiger partial charge in [-0.1, -0.05) is 0 Å². The highest BCUT2D eigenvalue weighted by atomic mass is 32.1. The topological polar surface area (TPSA) is 38.8 Å². The summed E-state index contributed by atoms with van der Waals surface area (Å²) in [7, 11) is 3.34. The zero-order valence-corrected chi connectivity index (χ0v) is 13.0. The summed E-state index contributed by atoms with van der Waals surface area (Å²) in [5.41, 5.74) is 0.849. The smallest absolute Gasteiger partial charge is 0.177 e. The Labute approximate surface area is 119 Å². The van der Waals surface area contributed by atoms with Crippen molar-refractivity contribution < 1.29 is 14.3 Å². The fraction of sp³-hybridized carbons (Fsp3) is 0.643. The molecule has 19 heavy (non-hydrogen) atoms. The molecule has 4 nitrogen and oxygen atoms in total. The molecule has 0 saturated carbocycles. The predicted molar refractivity (Wildman–Crippen MR) is 78.3 cm³/mol. The average Bonchev–Trinajstić information content (AvgIpc) is 2.71. The monoisotopic (exact) mass is 285 g/mol. The van der Waals surface area contributed by atoms with Crippen molar-refractivity contribution in [2.24, 2.45) is 0 Å². The maximum atomic E-state index is 12.3. The molecule has 0 amide bonds. The van der Waals surface area contributed by atoms with E-state index < -0.39 is 0 Å². The molecule has 0 radical (unpaired) electrons. The number of hydrogen-bond donors (Lipinski definition) is 0. The second-order valence-electron chi connectivity index (χ2n) is 4.51. The van der Waals surface area contributed by atoms with Crippen LogP contribution < -0.4 is 0 Å². The van der Waals surface area contributed by atoms with Gasteiger partial charge in [-0.25, -0.2) is 0 Å². The van der Waals surface area contributed by atoms with E-state index in [4.69, 9.17) is 9.47 Å². The van der Waals surface area contributed by atoms with Crippen LogP contribution in [-0.4, -0.2) is 57.8 Å². The van der Waals surface area contributed by atoms with Crippen LogP contribution in [0.1, 0.15) is 20.1 Å². The fourth-order valence-electron chi connectivity index (χ4n) is 1.91. The number of ether oxygens (including phenoxy) is 2. The van der Waals surface area contributed by atoms with Crippen LogP contribution in [-0.2, 0) is 9.47 Å². The molecule has 108 valence electrons. The summed E-state index contributed by atoms with van der Waals surface area (Å²) >= 11 is 1.67. The second-order valence-corrected chi connectivity index (χ2v) is 5.97. The number of nitrogens with zero attached hydrogens (tertiary/aromatic N) is 1. The Morgan fingerprint density at radius 2 is 1.79 bits per heavy atom. The molecule has 0 bridgehead atoms. The van der Waals surface area contributed by atoms with Gasteiger partial charge < -0.3 is 9.47 Å². The minimum absolute atomic E-state index is 0.175. The van der Waals surface area contributed by atoms with Gasteiger partial charge in [0.05, 0.1) is 19.8 Å². The Morgan fingerprint density at radius 3 is 2.21 bits per heavy atom. The first kappa shape index (κ1) is 16.3. The van der Waals surface area contributed by atoms with Gasteiger partial charge in [-0.2, -0.15) is 0 Å². The van der Waals surface area contributed by atoms with Crippen LogP contribution in [0.2, 0.25) is 0 Å². The van der Waals surface area contributed by atoms with Crippen LogP contribution in [0.3, 0.4) is 0 Å². The van der Waals surface area contributed by atoms with Crippen LogP contribution in [0.25, 0.3) is 0 Å². The average molecular weight is 285 g/mol. The number of rotatable bonds is 9. The van der Waals surface area contributed by atoms with E-state index in [2.05, 4.69) is 4.90 Å². The van der Waals surface area contributed by atoms with Crippen LogP contribution in [0.5, 0.6) is 0 Å². The fourth-order valence-corrected chi connectivity index (χ4v) is 2.85. The van der Waals surface area contributed by atoms with Gasteiger partial charge in [0.15, 0.2) is 5.78 Å². The van der Waals surface area contributed by atoms with Gasteiger partial charge in [0.25, 0.3) is 0 Å². The molecule has 0 N–H and O–H groups in total. The normalized spacial score (nSPS) is 11.2. The summed E-state index contributed by atoms with van der Waals surface area (Å²) in [5, 5.41) is 0. The molecule has 0 unspecified atom stereocenters. The van der Waals surface area contributed by atoms with Gasteiger partial charge in [-0.05, 0) is 19.9 Å². The van der Waals surface area contributed by atoms with E-state index in [1.54, 1.807) is 25.6 Å². The first-order chi connectivity index (χ1) is 9.08. The molecule has 0 aliphatic heterocycles. The third-order valence-electron chi connectivity index (χ3n) is 2.93. The Morgan fingerprint density at radius 1 is 1.21 bits per heavy atom. The van der Waals surface area contributed by atoms with Gasteiger partial charge in [-0.3, -0.25) is 9.69 Å². The quantitative estimate of drug-likeness (QED) is 0.652. The predicted octanol–water partition coefficient (Wildman–Crippen LogP) is 2.14. The van der Waals surface area contributed by atoms with Crippen molar-refractivity contribution in [3.8, 4) is 0 Å². The van der Waals surface area contributed by atoms with Gasteiger partial charge in [0.1, 0.15) is 0 Å². The molecule has 0 atom stereocenters. The Balaban J connectivity index is 2.61. The number of aryl methyl sites for hydroxylation is 2. The Kier molecular flexibility index (Phi) is 7.23. The Bertz CT molecular complexity index is 395. The second kappa shape index (κ2) is 8.43. The minimum atomic E-state index is 0.175. The third kappa shape index (κ3) is 5.40. The van der Waals surface area contributed by atoms with E-state index in [0.29, 0.717) is 19.8 Å². The maximum absolute atomic E-state index is 12.3. The number of ketones is 1. The molecule has 1 heterocycles. The van der Waals surface area contributed by atoms with Crippen LogP contribution in [0.4, 0.5) is 0 Å². The molecule has 1 aromatic rings. The molecule has 0 aromatic carbocycles. The van der Waals surface area contributed by atoms with E-state index in [-0.39, 0.29) is 5.78 Å². The molecule has 1 rings (SSSR count). The van der Waals surface area contributed by atoms with E-state index in [1.165, 1.54) is 4.88 Å². The molecule has 5 heteroatoms. The van der Waals surface area contributed by atoms with Gasteiger partial charge >= 0.3 is 0 Å². The van der Waals surface area contributed by atoms with Crippen LogP contribution in [0, 0.1) is 13.8 Å². The SMILES string of the molecule is COCCN(CCOC)CC(=O)c1cc(C)sc1C. The highest BCUT2D eigenvalue weighted by Crippen LogP contribution is 2.21. The lowest BCUT2D eigenvalue weighted by Gasteiger charge is -2.20. The molecule has 0 aliphatic rings. The van der Waals surface area contributed by atoms with Crippen molar-refractivity contribution in [1.82, 2.24) is 4.90 Å². The van der Waals surface area contributed by atoms with E-state index in [1.807, 2.05) is 19.9 Å². The number of Topliss-reactive ketones (excluding diaryl/α,β-unsaturated/α-hetero) is 1. The zero-order valence-electron chi connectivity index (χ0n) is 12.2.